The molecule has 1 aromatic carbocycles. The SMILES string of the molecule is CCC.NC(=O)CO[N+](=O)[O-].Nc1n[nH]c(=S)s1.O=C(O)c1cccc(S)c1. The fraction of sp³-hybridized carbons (Fsp3) is 0.286. The number of nitrogens with two attached hydrogens (primary N) is 2. The van der Waals surface area contributed by atoms with Gasteiger partial charge in [-0.1, -0.05) is 37.7 Å². The van der Waals surface area contributed by atoms with E-state index in [1.807, 2.05) is 0 Å². The molecule has 14 heteroatoms. The maximum absolute atomic E-state index is 10.3. The fourth-order valence-corrected chi connectivity index (χ4v) is 1.90. The molecule has 0 aliphatic heterocycles. The van der Waals surface area contributed by atoms with Crippen LogP contribution in [0.1, 0.15) is 30.6 Å². The number of thiol groups is 1. The van der Waals surface area contributed by atoms with E-state index in [0.717, 1.165) is 0 Å². The van der Waals surface area contributed by atoms with Gasteiger partial charge in [0, 0.05) is 4.90 Å². The number of nitrogens with zero attached hydrogens (tertiary/aromatic N) is 2. The first-order chi connectivity index (χ1) is 13.0. The molecule has 0 aliphatic rings. The van der Waals surface area contributed by atoms with Crippen LogP contribution in [0.2, 0.25) is 0 Å². The number of carboxylic acids is 1. The summed E-state index contributed by atoms with van der Waals surface area (Å²) in [5.41, 5.74) is 9.93. The zero-order chi connectivity index (χ0) is 22.1. The number of aromatic amines is 1. The molecule has 0 saturated carbocycles. The number of rotatable bonds is 4. The maximum atomic E-state index is 10.3. The number of anilines is 1. The first-order valence-corrected chi connectivity index (χ1v) is 9.09. The van der Waals surface area contributed by atoms with Crippen LogP contribution in [0.15, 0.2) is 29.2 Å². The second-order valence-corrected chi connectivity index (χ2v) is 6.69. The largest absolute Gasteiger partial charge is 0.478 e. The summed E-state index contributed by atoms with van der Waals surface area (Å²) >= 11 is 9.91. The molecule has 1 aromatic heterocycles. The lowest BCUT2D eigenvalue weighted by atomic mass is 10.2. The predicted octanol–water partition coefficient (Wildman–Crippen LogP) is 2.55. The first kappa shape index (κ1) is 27.5. The molecule has 1 amide bonds. The molecule has 11 nitrogen and oxygen atoms in total. The molecule has 0 radical (unpaired) electrons. The second kappa shape index (κ2) is 16.5. The number of H-pyrrole nitrogens is 1. The third-order valence-electron chi connectivity index (χ3n) is 1.86. The molecule has 0 fully saturated rings. The van der Waals surface area contributed by atoms with Crippen LogP contribution >= 0.6 is 36.2 Å². The summed E-state index contributed by atoms with van der Waals surface area (Å²) in [6, 6.07) is 6.43. The molecule has 0 aliphatic carbocycles. The highest BCUT2D eigenvalue weighted by Crippen LogP contribution is 2.08. The number of hydrogen-bond acceptors (Lipinski definition) is 10. The van der Waals surface area contributed by atoms with Crippen molar-refractivity contribution in [1.29, 1.82) is 0 Å². The van der Waals surface area contributed by atoms with E-state index in [0.29, 0.717) is 14.0 Å². The molecule has 2 aromatic rings. The lowest BCUT2D eigenvalue weighted by Crippen LogP contribution is -2.20. The van der Waals surface area contributed by atoms with Crippen molar-refractivity contribution in [1.82, 2.24) is 10.2 Å². The number of carboxylic acid groups (broad SMARTS) is 1. The number of hydrogen-bond donors (Lipinski definition) is 5. The van der Waals surface area contributed by atoms with Crippen molar-refractivity contribution in [3.05, 3.63) is 43.9 Å². The highest BCUT2D eigenvalue weighted by molar-refractivity contribution is 7.80. The van der Waals surface area contributed by atoms with Gasteiger partial charge >= 0.3 is 5.97 Å². The number of nitrogens with one attached hydrogen (secondary N) is 1. The molecule has 0 spiro atoms. The molecule has 1 heterocycles. The molecule has 0 atom stereocenters. The second-order valence-electron chi connectivity index (χ2n) is 4.48. The Kier molecular flexibility index (Phi) is 16.2. The number of carbonyl (C=O) groups is 2. The van der Waals surface area contributed by atoms with Crippen molar-refractivity contribution in [2.45, 2.75) is 25.2 Å². The highest BCUT2D eigenvalue weighted by atomic mass is 32.1. The summed E-state index contributed by atoms with van der Waals surface area (Å²) in [6.07, 6.45) is 1.25. The topological polar surface area (TPSA) is 187 Å². The van der Waals surface area contributed by atoms with Crippen molar-refractivity contribution in [3.63, 3.8) is 0 Å². The Bertz CT molecular complexity index is 782. The van der Waals surface area contributed by atoms with Gasteiger partial charge in [0.25, 0.3) is 5.09 Å². The molecule has 0 unspecified atom stereocenters. The Hall–Kier alpha value is -2.71. The third-order valence-corrected chi connectivity index (χ3v) is 3.06. The van der Waals surface area contributed by atoms with Gasteiger partial charge in [0.05, 0.1) is 5.56 Å². The van der Waals surface area contributed by atoms with Crippen LogP contribution < -0.4 is 11.5 Å². The number of primary amides is 1. The molecule has 0 bridgehead atoms. The van der Waals surface area contributed by atoms with Crippen molar-refractivity contribution < 1.29 is 24.6 Å². The predicted molar refractivity (Wildman–Crippen MR) is 110 cm³/mol. The van der Waals surface area contributed by atoms with Crippen LogP contribution in [0, 0.1) is 14.1 Å². The van der Waals surface area contributed by atoms with Gasteiger partial charge < -0.3 is 21.4 Å². The van der Waals surface area contributed by atoms with Crippen LogP contribution in [0.4, 0.5) is 5.13 Å². The van der Waals surface area contributed by atoms with E-state index >= 15 is 0 Å². The van der Waals surface area contributed by atoms with Gasteiger partial charge in [-0.3, -0.25) is 9.89 Å². The molecule has 156 valence electrons. The van der Waals surface area contributed by atoms with Crippen LogP contribution in [0.25, 0.3) is 0 Å². The average Bonchev–Trinajstić information content (AvgIpc) is 2.98. The normalized spacial score (nSPS) is 8.54. The number of aromatic carboxylic acids is 1. The van der Waals surface area contributed by atoms with Gasteiger partial charge in [-0.25, -0.2) is 4.79 Å². The summed E-state index contributed by atoms with van der Waals surface area (Å²) < 4.78 is 0.623. The van der Waals surface area contributed by atoms with Gasteiger partial charge in [0.15, 0.2) is 10.6 Å². The monoisotopic (exact) mass is 451 g/mol. The van der Waals surface area contributed by atoms with E-state index in [2.05, 4.69) is 59.5 Å². The number of benzene rings is 1. The minimum atomic E-state index is -1.08. The Morgan fingerprint density at radius 2 is 2.04 bits per heavy atom. The quantitative estimate of drug-likeness (QED) is 0.201. The van der Waals surface area contributed by atoms with Gasteiger partial charge in [0.2, 0.25) is 11.0 Å². The summed E-state index contributed by atoms with van der Waals surface area (Å²) in [5.74, 6) is -1.78. The Balaban J connectivity index is 0. The summed E-state index contributed by atoms with van der Waals surface area (Å²) in [4.78, 5) is 33.5. The van der Waals surface area contributed by atoms with Gasteiger partial charge in [-0.05, 0) is 30.4 Å². The van der Waals surface area contributed by atoms with Crippen molar-refractivity contribution in [2.24, 2.45) is 5.73 Å². The Morgan fingerprint density at radius 1 is 1.46 bits per heavy atom. The average molecular weight is 452 g/mol. The van der Waals surface area contributed by atoms with E-state index in [9.17, 15) is 19.7 Å². The number of aromatic nitrogens is 2. The van der Waals surface area contributed by atoms with E-state index < -0.39 is 23.6 Å². The zero-order valence-corrected chi connectivity index (χ0v) is 17.6. The van der Waals surface area contributed by atoms with Crippen LogP contribution in [0.5, 0.6) is 0 Å². The van der Waals surface area contributed by atoms with Crippen LogP contribution in [-0.4, -0.2) is 38.9 Å². The molecule has 0 saturated heterocycles. The van der Waals surface area contributed by atoms with Crippen LogP contribution in [-0.2, 0) is 9.63 Å². The highest BCUT2D eigenvalue weighted by Gasteiger charge is 1.99. The molecular formula is C14H21N5O6S3. The first-order valence-electron chi connectivity index (χ1n) is 7.42. The minimum absolute atomic E-state index is 0.271. The van der Waals surface area contributed by atoms with E-state index in [4.69, 9.17) is 10.8 Å². The summed E-state index contributed by atoms with van der Waals surface area (Å²) in [6.45, 7) is 3.58. The molecule has 6 N–H and O–H groups in total. The lowest BCUT2D eigenvalue weighted by Gasteiger charge is -1.92. The van der Waals surface area contributed by atoms with Crippen molar-refractivity contribution in [2.75, 3.05) is 12.3 Å². The minimum Gasteiger partial charge on any atom is -0.478 e. The molecule has 28 heavy (non-hydrogen) atoms. The number of carbonyl (C=O) groups excluding carboxylic acids is 1. The summed E-state index contributed by atoms with van der Waals surface area (Å²) in [5, 5.41) is 23.3. The number of nitrogen functional groups attached to an aromatic ring is 1. The fourth-order valence-electron chi connectivity index (χ4n) is 0.997. The summed E-state index contributed by atoms with van der Waals surface area (Å²) in [7, 11) is 0. The van der Waals surface area contributed by atoms with E-state index in [-0.39, 0.29) is 5.56 Å². The van der Waals surface area contributed by atoms with E-state index in [1.165, 1.54) is 29.9 Å². The maximum Gasteiger partial charge on any atom is 0.335 e. The van der Waals surface area contributed by atoms with Crippen molar-refractivity contribution in [3.8, 4) is 0 Å². The van der Waals surface area contributed by atoms with Gasteiger partial charge in [-0.15, -0.1) is 27.8 Å². The smallest absolute Gasteiger partial charge is 0.335 e. The van der Waals surface area contributed by atoms with Crippen molar-refractivity contribution >= 4 is 53.2 Å². The zero-order valence-electron chi connectivity index (χ0n) is 15.0. The lowest BCUT2D eigenvalue weighted by molar-refractivity contribution is -0.754. The third kappa shape index (κ3) is 18.1. The Labute approximate surface area is 175 Å². The Morgan fingerprint density at radius 3 is 2.25 bits per heavy atom. The van der Waals surface area contributed by atoms with Gasteiger partial charge in [0.1, 0.15) is 0 Å². The van der Waals surface area contributed by atoms with E-state index in [1.54, 1.807) is 12.1 Å². The van der Waals surface area contributed by atoms with Gasteiger partial charge in [-0.2, -0.15) is 0 Å². The number of amides is 1. The molecular weight excluding hydrogens is 430 g/mol. The molecule has 2 rings (SSSR count). The standard InChI is InChI=1S/C7H6O2S.C3H8.C2H3N3S2.C2H4N2O4/c8-7(9)5-2-1-3-6(10)4-5;1-3-2;3-1-4-5-2(6)7-1;3-2(5)1-8-4(6)7/h1-4,10H,(H,8,9);3H2,1-2H3;(H2,3,4)(H,5,6);1H2,(H2,3,5). The van der Waals surface area contributed by atoms with Crippen LogP contribution in [0.3, 0.4) is 0 Å².